The van der Waals surface area contributed by atoms with Gasteiger partial charge in [0.15, 0.2) is 6.61 Å². The van der Waals surface area contributed by atoms with Crippen molar-refractivity contribution in [3.05, 3.63) is 59.4 Å². The smallest absolute Gasteiger partial charge is 0.277 e. The SMILES string of the molecule is O=C(COc1ccccc1Cl)N/N=C\c1cccnc1. The minimum atomic E-state index is -0.370. The zero-order valence-corrected chi connectivity index (χ0v) is 11.2. The van der Waals surface area contributed by atoms with E-state index in [9.17, 15) is 4.79 Å². The van der Waals surface area contributed by atoms with E-state index in [0.29, 0.717) is 10.8 Å². The van der Waals surface area contributed by atoms with E-state index in [0.717, 1.165) is 5.56 Å². The molecule has 2 aromatic rings. The third-order valence-electron chi connectivity index (χ3n) is 2.28. The molecule has 0 spiro atoms. The topological polar surface area (TPSA) is 63.6 Å². The van der Waals surface area contributed by atoms with Crippen molar-refractivity contribution in [3.8, 4) is 5.75 Å². The summed E-state index contributed by atoms with van der Waals surface area (Å²) in [6.07, 6.45) is 4.80. The van der Waals surface area contributed by atoms with Gasteiger partial charge >= 0.3 is 0 Å². The van der Waals surface area contributed by atoms with Crippen LogP contribution >= 0.6 is 11.6 Å². The van der Waals surface area contributed by atoms with Crippen LogP contribution in [0, 0.1) is 0 Å². The van der Waals surface area contributed by atoms with Crippen molar-refractivity contribution in [3.63, 3.8) is 0 Å². The maximum atomic E-state index is 11.5. The van der Waals surface area contributed by atoms with Crippen molar-refractivity contribution >= 4 is 23.7 Å². The average Bonchev–Trinajstić information content (AvgIpc) is 2.47. The number of aromatic nitrogens is 1. The summed E-state index contributed by atoms with van der Waals surface area (Å²) in [5, 5.41) is 4.26. The molecular formula is C14H12ClN3O2. The Morgan fingerprint density at radius 3 is 2.95 bits per heavy atom. The van der Waals surface area contributed by atoms with Gasteiger partial charge in [-0.3, -0.25) is 9.78 Å². The number of carbonyl (C=O) groups is 1. The zero-order valence-electron chi connectivity index (χ0n) is 10.5. The van der Waals surface area contributed by atoms with Crippen LogP contribution in [0.4, 0.5) is 0 Å². The van der Waals surface area contributed by atoms with Crippen molar-refractivity contribution in [1.82, 2.24) is 10.4 Å². The van der Waals surface area contributed by atoms with Crippen LogP contribution in [-0.4, -0.2) is 23.7 Å². The number of nitrogens with one attached hydrogen (secondary N) is 1. The molecule has 1 amide bonds. The molecule has 0 saturated carbocycles. The second-order valence-electron chi connectivity index (χ2n) is 3.80. The number of benzene rings is 1. The molecule has 5 nitrogen and oxygen atoms in total. The lowest BCUT2D eigenvalue weighted by Crippen LogP contribution is -2.24. The number of carbonyl (C=O) groups excluding carboxylic acids is 1. The molecule has 0 aliphatic carbocycles. The Bertz CT molecular complexity index is 602. The molecule has 2 rings (SSSR count). The lowest BCUT2D eigenvalue weighted by Gasteiger charge is -2.06. The minimum absolute atomic E-state index is 0.159. The van der Waals surface area contributed by atoms with Crippen LogP contribution in [0.25, 0.3) is 0 Å². The third kappa shape index (κ3) is 4.37. The highest BCUT2D eigenvalue weighted by Crippen LogP contribution is 2.22. The van der Waals surface area contributed by atoms with E-state index >= 15 is 0 Å². The number of hydrogen-bond donors (Lipinski definition) is 1. The van der Waals surface area contributed by atoms with Crippen molar-refractivity contribution in [2.75, 3.05) is 6.61 Å². The molecule has 0 saturated heterocycles. The number of amides is 1. The summed E-state index contributed by atoms with van der Waals surface area (Å²) in [6, 6.07) is 10.5. The number of hydrogen-bond acceptors (Lipinski definition) is 4. The standard InChI is InChI=1S/C14H12ClN3O2/c15-12-5-1-2-6-13(12)20-10-14(19)18-17-9-11-4-3-7-16-8-11/h1-9H,10H2,(H,18,19)/b17-9-. The lowest BCUT2D eigenvalue weighted by molar-refractivity contribution is -0.123. The van der Waals surface area contributed by atoms with Gasteiger partial charge in [-0.25, -0.2) is 5.43 Å². The van der Waals surface area contributed by atoms with E-state index in [1.54, 1.807) is 42.7 Å². The summed E-state index contributed by atoms with van der Waals surface area (Å²) in [6.45, 7) is -0.159. The number of ether oxygens (including phenoxy) is 1. The normalized spacial score (nSPS) is 10.4. The Hall–Kier alpha value is -2.40. The Kier molecular flexibility index (Phi) is 5.08. The predicted octanol–water partition coefficient (Wildman–Crippen LogP) is 2.26. The number of halogens is 1. The van der Waals surface area contributed by atoms with Crippen LogP contribution in [0.5, 0.6) is 5.75 Å². The fourth-order valence-corrected chi connectivity index (χ4v) is 1.56. The second-order valence-corrected chi connectivity index (χ2v) is 4.21. The van der Waals surface area contributed by atoms with Crippen LogP contribution in [0.2, 0.25) is 5.02 Å². The molecule has 1 N–H and O–H groups in total. The van der Waals surface area contributed by atoms with E-state index in [-0.39, 0.29) is 12.5 Å². The Morgan fingerprint density at radius 1 is 1.35 bits per heavy atom. The van der Waals surface area contributed by atoms with Crippen molar-refractivity contribution in [2.24, 2.45) is 5.10 Å². The molecule has 0 aliphatic heterocycles. The molecule has 0 radical (unpaired) electrons. The second kappa shape index (κ2) is 7.25. The van der Waals surface area contributed by atoms with Gasteiger partial charge < -0.3 is 4.74 Å². The van der Waals surface area contributed by atoms with Gasteiger partial charge in [0, 0.05) is 18.0 Å². The van der Waals surface area contributed by atoms with E-state index < -0.39 is 0 Å². The van der Waals surface area contributed by atoms with Gasteiger partial charge in [-0.15, -0.1) is 0 Å². The van der Waals surface area contributed by atoms with Crippen LogP contribution in [0.3, 0.4) is 0 Å². The van der Waals surface area contributed by atoms with E-state index in [2.05, 4.69) is 15.5 Å². The van der Waals surface area contributed by atoms with Gasteiger partial charge in [0.25, 0.3) is 5.91 Å². The van der Waals surface area contributed by atoms with Crippen LogP contribution in [0.1, 0.15) is 5.56 Å². The number of para-hydroxylation sites is 1. The van der Waals surface area contributed by atoms with Gasteiger partial charge in [-0.05, 0) is 18.2 Å². The Labute approximate surface area is 121 Å². The van der Waals surface area contributed by atoms with Crippen molar-refractivity contribution in [1.29, 1.82) is 0 Å². The molecule has 6 heteroatoms. The summed E-state index contributed by atoms with van der Waals surface area (Å²) in [7, 11) is 0. The number of pyridine rings is 1. The maximum absolute atomic E-state index is 11.5. The molecule has 0 aliphatic rings. The van der Waals surface area contributed by atoms with Gasteiger partial charge in [0.1, 0.15) is 5.75 Å². The molecule has 20 heavy (non-hydrogen) atoms. The fraction of sp³-hybridized carbons (Fsp3) is 0.0714. The predicted molar refractivity (Wildman–Crippen MR) is 76.9 cm³/mol. The molecule has 1 aromatic heterocycles. The van der Waals surface area contributed by atoms with Crippen molar-refractivity contribution in [2.45, 2.75) is 0 Å². The first-order valence-corrected chi connectivity index (χ1v) is 6.23. The molecule has 0 bridgehead atoms. The van der Waals surface area contributed by atoms with Gasteiger partial charge in [-0.2, -0.15) is 5.10 Å². The van der Waals surface area contributed by atoms with Gasteiger partial charge in [0.05, 0.1) is 11.2 Å². The molecular weight excluding hydrogens is 278 g/mol. The first-order chi connectivity index (χ1) is 9.75. The molecule has 0 unspecified atom stereocenters. The summed E-state index contributed by atoms with van der Waals surface area (Å²) in [5.41, 5.74) is 3.15. The number of hydrazone groups is 1. The monoisotopic (exact) mass is 289 g/mol. The molecule has 102 valence electrons. The third-order valence-corrected chi connectivity index (χ3v) is 2.59. The van der Waals surface area contributed by atoms with Gasteiger partial charge in [-0.1, -0.05) is 29.8 Å². The Balaban J connectivity index is 1.79. The lowest BCUT2D eigenvalue weighted by atomic mass is 10.3. The molecule has 0 atom stereocenters. The highest BCUT2D eigenvalue weighted by atomic mass is 35.5. The van der Waals surface area contributed by atoms with Gasteiger partial charge in [0.2, 0.25) is 0 Å². The molecule has 1 aromatic carbocycles. The fourth-order valence-electron chi connectivity index (χ4n) is 1.37. The summed E-state index contributed by atoms with van der Waals surface area (Å²) < 4.78 is 5.27. The van der Waals surface area contributed by atoms with Crippen LogP contribution < -0.4 is 10.2 Å². The zero-order chi connectivity index (χ0) is 14.2. The average molecular weight is 290 g/mol. The summed E-state index contributed by atoms with van der Waals surface area (Å²) in [4.78, 5) is 15.4. The van der Waals surface area contributed by atoms with E-state index in [1.165, 1.54) is 6.21 Å². The Morgan fingerprint density at radius 2 is 2.20 bits per heavy atom. The number of nitrogens with zero attached hydrogens (tertiary/aromatic N) is 2. The van der Waals surface area contributed by atoms with Crippen LogP contribution in [0.15, 0.2) is 53.9 Å². The first-order valence-electron chi connectivity index (χ1n) is 5.85. The van der Waals surface area contributed by atoms with Crippen molar-refractivity contribution < 1.29 is 9.53 Å². The molecule has 0 fully saturated rings. The summed E-state index contributed by atoms with van der Waals surface area (Å²) in [5.74, 6) is 0.0885. The molecule has 1 heterocycles. The first kappa shape index (κ1) is 14.0. The minimum Gasteiger partial charge on any atom is -0.482 e. The van der Waals surface area contributed by atoms with E-state index in [1.807, 2.05) is 6.07 Å². The highest BCUT2D eigenvalue weighted by molar-refractivity contribution is 6.32. The summed E-state index contributed by atoms with van der Waals surface area (Å²) >= 11 is 5.90. The largest absolute Gasteiger partial charge is 0.482 e. The number of rotatable bonds is 5. The maximum Gasteiger partial charge on any atom is 0.277 e. The highest BCUT2D eigenvalue weighted by Gasteiger charge is 2.03. The van der Waals surface area contributed by atoms with E-state index in [4.69, 9.17) is 16.3 Å². The quantitative estimate of drug-likeness (QED) is 0.678. The van der Waals surface area contributed by atoms with Crippen LogP contribution in [-0.2, 0) is 4.79 Å².